The number of nitro benzene ring substituents is 2. The summed E-state index contributed by atoms with van der Waals surface area (Å²) in [5.74, 6) is -0.327. The van der Waals surface area contributed by atoms with Crippen LogP contribution in [0.25, 0.3) is 0 Å². The number of nitro groups is 2. The topological polar surface area (TPSA) is 156 Å². The number of amides is 1. The van der Waals surface area contributed by atoms with E-state index in [2.05, 4.69) is 5.32 Å². The summed E-state index contributed by atoms with van der Waals surface area (Å²) in [6.07, 6.45) is 0. The van der Waals surface area contributed by atoms with Crippen molar-refractivity contribution in [2.45, 2.75) is 11.8 Å². The molecule has 1 amide bonds. The van der Waals surface area contributed by atoms with Crippen LogP contribution in [0.3, 0.4) is 0 Å². The number of rotatable bonds is 7. The van der Waals surface area contributed by atoms with Crippen LogP contribution in [0.5, 0.6) is 0 Å². The lowest BCUT2D eigenvalue weighted by Crippen LogP contribution is -2.51. The number of sulfonamides is 1. The van der Waals surface area contributed by atoms with E-state index in [9.17, 15) is 33.4 Å². The van der Waals surface area contributed by atoms with E-state index in [0.29, 0.717) is 5.56 Å². The minimum Gasteiger partial charge on any atom is -0.371 e. The fourth-order valence-corrected chi connectivity index (χ4v) is 5.03. The van der Waals surface area contributed by atoms with Gasteiger partial charge in [-0.1, -0.05) is 18.2 Å². The predicted octanol–water partition coefficient (Wildman–Crippen LogP) is 1.76. The van der Waals surface area contributed by atoms with E-state index in [1.807, 2.05) is 0 Å². The molecule has 1 saturated heterocycles. The summed E-state index contributed by atoms with van der Waals surface area (Å²) in [5.41, 5.74) is 0.142. The van der Waals surface area contributed by atoms with Gasteiger partial charge < -0.3 is 10.2 Å². The number of hydrogen-bond acceptors (Lipinski definition) is 8. The summed E-state index contributed by atoms with van der Waals surface area (Å²) in [5, 5.41) is 24.8. The molecule has 0 atom stereocenters. The van der Waals surface area contributed by atoms with Crippen LogP contribution < -0.4 is 5.32 Å². The van der Waals surface area contributed by atoms with Crippen LogP contribution in [0, 0.1) is 27.2 Å². The van der Waals surface area contributed by atoms with Crippen molar-refractivity contribution < 1.29 is 23.1 Å². The molecule has 170 valence electrons. The fraction of sp³-hybridized carbons (Fsp3) is 0.316. The highest BCUT2D eigenvalue weighted by Crippen LogP contribution is 2.26. The van der Waals surface area contributed by atoms with Gasteiger partial charge in [-0.15, -0.1) is 0 Å². The Bertz CT molecular complexity index is 1160. The number of hydrogen-bond donors (Lipinski definition) is 1. The zero-order valence-corrected chi connectivity index (χ0v) is 17.9. The van der Waals surface area contributed by atoms with E-state index in [0.717, 1.165) is 6.07 Å². The van der Waals surface area contributed by atoms with Gasteiger partial charge in [-0.3, -0.25) is 25.0 Å². The number of carbonyl (C=O) groups excluding carboxylic acids is 1. The number of non-ortho nitro benzene ring substituents is 1. The number of para-hydroxylation sites is 2. The quantitative estimate of drug-likeness (QED) is 0.481. The molecule has 1 heterocycles. The van der Waals surface area contributed by atoms with Gasteiger partial charge in [0.1, 0.15) is 5.69 Å². The Morgan fingerprint density at radius 1 is 1.03 bits per heavy atom. The standard InChI is InChI=1S/C19H21N5O7S/c1-14-6-7-15(23(26)27)12-18(14)32(30,31)22-10-8-21(9-11-22)19(25)13-20-16-4-2-3-5-17(16)24(28)29/h2-7,12,20H,8-11,13H2,1H3. The van der Waals surface area contributed by atoms with E-state index >= 15 is 0 Å². The Morgan fingerprint density at radius 2 is 1.69 bits per heavy atom. The van der Waals surface area contributed by atoms with Crippen LogP contribution in [-0.2, 0) is 14.8 Å². The molecule has 1 aliphatic rings. The first-order valence-corrected chi connectivity index (χ1v) is 11.1. The van der Waals surface area contributed by atoms with Gasteiger partial charge in [0.25, 0.3) is 11.4 Å². The number of carbonyl (C=O) groups is 1. The number of aryl methyl sites for hydroxylation is 1. The molecule has 0 spiro atoms. The molecule has 32 heavy (non-hydrogen) atoms. The maximum absolute atomic E-state index is 13.0. The number of benzene rings is 2. The Balaban J connectivity index is 1.64. The second-order valence-electron chi connectivity index (χ2n) is 7.12. The molecule has 1 fully saturated rings. The van der Waals surface area contributed by atoms with Crippen molar-refractivity contribution in [2.75, 3.05) is 38.0 Å². The molecule has 1 aliphatic heterocycles. The van der Waals surface area contributed by atoms with E-state index < -0.39 is 19.9 Å². The Morgan fingerprint density at radius 3 is 2.31 bits per heavy atom. The molecule has 0 unspecified atom stereocenters. The van der Waals surface area contributed by atoms with Crippen LogP contribution in [0.15, 0.2) is 47.4 Å². The highest BCUT2D eigenvalue weighted by Gasteiger charge is 2.32. The molecule has 0 bridgehead atoms. The van der Waals surface area contributed by atoms with Crippen LogP contribution in [-0.4, -0.2) is 66.1 Å². The lowest BCUT2D eigenvalue weighted by molar-refractivity contribution is -0.385. The molecule has 2 aromatic carbocycles. The summed E-state index contributed by atoms with van der Waals surface area (Å²) in [7, 11) is -3.97. The number of nitrogens with one attached hydrogen (secondary N) is 1. The van der Waals surface area contributed by atoms with Gasteiger partial charge in [0.05, 0.1) is 21.3 Å². The third-order valence-electron chi connectivity index (χ3n) is 5.12. The van der Waals surface area contributed by atoms with Crippen molar-refractivity contribution >= 4 is 33.0 Å². The minimum absolute atomic E-state index is 0.0295. The van der Waals surface area contributed by atoms with Crippen molar-refractivity contribution in [1.29, 1.82) is 0 Å². The minimum atomic E-state index is -3.97. The zero-order chi connectivity index (χ0) is 23.5. The number of anilines is 1. The second-order valence-corrected chi connectivity index (χ2v) is 9.03. The average Bonchev–Trinajstić information content (AvgIpc) is 2.77. The van der Waals surface area contributed by atoms with Gasteiger partial charge >= 0.3 is 0 Å². The summed E-state index contributed by atoms with van der Waals surface area (Å²) >= 11 is 0. The maximum Gasteiger partial charge on any atom is 0.292 e. The van der Waals surface area contributed by atoms with E-state index in [4.69, 9.17) is 0 Å². The summed E-state index contributed by atoms with van der Waals surface area (Å²) in [6.45, 7) is 1.70. The maximum atomic E-state index is 13.0. The first-order valence-electron chi connectivity index (χ1n) is 9.61. The first-order chi connectivity index (χ1) is 15.1. The molecule has 0 radical (unpaired) electrons. The van der Waals surface area contributed by atoms with Gasteiger partial charge in [-0.05, 0) is 18.6 Å². The SMILES string of the molecule is Cc1ccc([N+](=O)[O-])cc1S(=O)(=O)N1CCN(C(=O)CNc2ccccc2[N+](=O)[O-])CC1. The molecule has 0 saturated carbocycles. The largest absolute Gasteiger partial charge is 0.371 e. The summed E-state index contributed by atoms with van der Waals surface area (Å²) in [6, 6.07) is 9.63. The lowest BCUT2D eigenvalue weighted by atomic mass is 10.2. The van der Waals surface area contributed by atoms with Gasteiger partial charge in [0, 0.05) is 44.4 Å². The van der Waals surface area contributed by atoms with Crippen molar-refractivity contribution in [3.8, 4) is 0 Å². The Kier molecular flexibility index (Phi) is 6.69. The molecule has 2 aromatic rings. The van der Waals surface area contributed by atoms with Gasteiger partial charge in [0.2, 0.25) is 15.9 Å². The van der Waals surface area contributed by atoms with E-state index in [-0.39, 0.29) is 60.6 Å². The van der Waals surface area contributed by atoms with Crippen LogP contribution in [0.2, 0.25) is 0 Å². The fourth-order valence-electron chi connectivity index (χ4n) is 3.36. The van der Waals surface area contributed by atoms with Gasteiger partial charge in [-0.25, -0.2) is 8.42 Å². The van der Waals surface area contributed by atoms with Crippen molar-refractivity contribution in [2.24, 2.45) is 0 Å². The predicted molar refractivity (Wildman–Crippen MR) is 115 cm³/mol. The summed E-state index contributed by atoms with van der Waals surface area (Å²) in [4.78, 5) is 34.7. The Hall–Kier alpha value is -3.58. The molecule has 0 aromatic heterocycles. The van der Waals surface area contributed by atoms with Crippen molar-refractivity contribution in [3.05, 3.63) is 68.3 Å². The van der Waals surface area contributed by atoms with Crippen LogP contribution in [0.4, 0.5) is 17.1 Å². The van der Waals surface area contributed by atoms with E-state index in [1.165, 1.54) is 39.5 Å². The monoisotopic (exact) mass is 463 g/mol. The van der Waals surface area contributed by atoms with Crippen LogP contribution in [0.1, 0.15) is 5.56 Å². The second kappa shape index (κ2) is 9.28. The molecular formula is C19H21N5O7S. The lowest BCUT2D eigenvalue weighted by Gasteiger charge is -2.34. The summed E-state index contributed by atoms with van der Waals surface area (Å²) < 4.78 is 27.2. The van der Waals surface area contributed by atoms with Gasteiger partial charge in [-0.2, -0.15) is 4.31 Å². The first kappa shape index (κ1) is 23.1. The molecule has 0 aliphatic carbocycles. The van der Waals surface area contributed by atoms with Crippen LogP contribution >= 0.6 is 0 Å². The number of piperazine rings is 1. The molecular weight excluding hydrogens is 442 g/mol. The smallest absolute Gasteiger partial charge is 0.292 e. The molecule has 1 N–H and O–H groups in total. The third-order valence-corrected chi connectivity index (χ3v) is 7.16. The molecule has 13 heteroatoms. The van der Waals surface area contributed by atoms with Gasteiger partial charge in [0.15, 0.2) is 0 Å². The number of nitrogens with zero attached hydrogens (tertiary/aromatic N) is 4. The van der Waals surface area contributed by atoms with E-state index in [1.54, 1.807) is 13.0 Å². The Labute approximate surface area is 183 Å². The van der Waals surface area contributed by atoms with Crippen molar-refractivity contribution in [1.82, 2.24) is 9.21 Å². The third kappa shape index (κ3) is 4.84. The normalized spacial score (nSPS) is 14.7. The molecule has 12 nitrogen and oxygen atoms in total. The average molecular weight is 463 g/mol. The highest BCUT2D eigenvalue weighted by atomic mass is 32.2. The zero-order valence-electron chi connectivity index (χ0n) is 17.1. The van der Waals surface area contributed by atoms with Crippen molar-refractivity contribution in [3.63, 3.8) is 0 Å². The molecule has 3 rings (SSSR count). The highest BCUT2D eigenvalue weighted by molar-refractivity contribution is 7.89.